The number of halogens is 1. The Morgan fingerprint density at radius 2 is 1.68 bits per heavy atom. The van der Waals surface area contributed by atoms with Crippen LogP contribution >= 0.6 is 23.4 Å². The largest absolute Gasteiger partial charge is 0.483 e. The summed E-state index contributed by atoms with van der Waals surface area (Å²) in [6.07, 6.45) is -0.303. The standard InChI is InChI=1S/C21H22ClN3O2S/c1-13(2)15-7-11-18(12-8-15)27-14(3)19-23-24-21(25(19)4)28-20(26)16-5-9-17(22)10-6-16/h5-14H,1-4H3. The maximum absolute atomic E-state index is 12.4. The van der Waals surface area contributed by atoms with Crippen LogP contribution in [-0.4, -0.2) is 19.9 Å². The maximum atomic E-state index is 12.4. The third kappa shape index (κ3) is 4.75. The molecule has 1 unspecified atom stereocenters. The Morgan fingerprint density at radius 1 is 1.04 bits per heavy atom. The van der Waals surface area contributed by atoms with Gasteiger partial charge in [0.1, 0.15) is 5.75 Å². The van der Waals surface area contributed by atoms with Gasteiger partial charge in [0.15, 0.2) is 17.1 Å². The summed E-state index contributed by atoms with van der Waals surface area (Å²) >= 11 is 6.90. The molecule has 3 aromatic rings. The highest BCUT2D eigenvalue weighted by Crippen LogP contribution is 2.27. The summed E-state index contributed by atoms with van der Waals surface area (Å²) < 4.78 is 7.78. The SMILES string of the molecule is CC(C)c1ccc(OC(C)c2nnc(SC(=O)c3ccc(Cl)cc3)n2C)cc1. The van der Waals surface area contributed by atoms with Gasteiger partial charge < -0.3 is 9.30 Å². The molecule has 1 atom stereocenters. The van der Waals surface area contributed by atoms with Crippen molar-refractivity contribution in [3.63, 3.8) is 0 Å². The van der Waals surface area contributed by atoms with Crippen molar-refractivity contribution in [3.05, 3.63) is 70.5 Å². The van der Waals surface area contributed by atoms with Gasteiger partial charge >= 0.3 is 0 Å². The molecule has 3 rings (SSSR count). The average molecular weight is 416 g/mol. The fourth-order valence-corrected chi connectivity index (χ4v) is 3.54. The number of nitrogens with zero attached hydrogens (tertiary/aromatic N) is 3. The van der Waals surface area contributed by atoms with E-state index in [0.717, 1.165) is 17.5 Å². The lowest BCUT2D eigenvalue weighted by molar-refractivity contribution is 0.108. The minimum Gasteiger partial charge on any atom is -0.483 e. The number of hydrogen-bond acceptors (Lipinski definition) is 5. The molecule has 1 aromatic heterocycles. The molecule has 1 heterocycles. The van der Waals surface area contributed by atoms with Crippen molar-refractivity contribution < 1.29 is 9.53 Å². The smallest absolute Gasteiger partial charge is 0.227 e. The predicted octanol–water partition coefficient (Wildman–Crippen LogP) is 5.66. The molecule has 0 radical (unpaired) electrons. The summed E-state index contributed by atoms with van der Waals surface area (Å²) in [6.45, 7) is 6.22. The van der Waals surface area contributed by atoms with Crippen molar-refractivity contribution >= 4 is 28.5 Å². The van der Waals surface area contributed by atoms with E-state index in [2.05, 4.69) is 36.2 Å². The normalized spacial score (nSPS) is 12.2. The number of rotatable bonds is 6. The second-order valence-corrected chi connectivity index (χ2v) is 8.16. The van der Waals surface area contributed by atoms with E-state index in [1.165, 1.54) is 5.56 Å². The van der Waals surface area contributed by atoms with Crippen LogP contribution in [0, 0.1) is 0 Å². The first-order valence-electron chi connectivity index (χ1n) is 8.98. The molecule has 0 saturated heterocycles. The molecule has 0 saturated carbocycles. The third-order valence-corrected chi connectivity index (χ3v) is 5.57. The average Bonchev–Trinajstić information content (AvgIpc) is 3.03. The van der Waals surface area contributed by atoms with Crippen LogP contribution in [0.25, 0.3) is 0 Å². The van der Waals surface area contributed by atoms with Crippen molar-refractivity contribution in [1.29, 1.82) is 0 Å². The summed E-state index contributed by atoms with van der Waals surface area (Å²) in [4.78, 5) is 12.4. The van der Waals surface area contributed by atoms with E-state index >= 15 is 0 Å². The third-order valence-electron chi connectivity index (χ3n) is 4.36. The second-order valence-electron chi connectivity index (χ2n) is 6.78. The van der Waals surface area contributed by atoms with Crippen molar-refractivity contribution in [2.75, 3.05) is 0 Å². The summed E-state index contributed by atoms with van der Waals surface area (Å²) in [6, 6.07) is 14.8. The van der Waals surface area contributed by atoms with Gasteiger partial charge in [0.05, 0.1) is 0 Å². The Morgan fingerprint density at radius 3 is 2.29 bits per heavy atom. The Kier molecular flexibility index (Phi) is 6.42. The van der Waals surface area contributed by atoms with Crippen LogP contribution in [0.3, 0.4) is 0 Å². The van der Waals surface area contributed by atoms with Crippen molar-refractivity contribution in [2.24, 2.45) is 7.05 Å². The van der Waals surface area contributed by atoms with E-state index < -0.39 is 0 Å². The lowest BCUT2D eigenvalue weighted by atomic mass is 10.0. The molecule has 0 fully saturated rings. The van der Waals surface area contributed by atoms with Crippen LogP contribution in [0.5, 0.6) is 5.75 Å². The first kappa shape index (κ1) is 20.4. The van der Waals surface area contributed by atoms with Crippen molar-refractivity contribution in [3.8, 4) is 5.75 Å². The van der Waals surface area contributed by atoms with Crippen molar-refractivity contribution in [1.82, 2.24) is 14.8 Å². The minimum absolute atomic E-state index is 0.114. The highest BCUT2D eigenvalue weighted by Gasteiger charge is 2.20. The molecule has 7 heteroatoms. The van der Waals surface area contributed by atoms with Gasteiger partial charge in [-0.1, -0.05) is 37.6 Å². The zero-order chi connectivity index (χ0) is 20.3. The molecule has 28 heavy (non-hydrogen) atoms. The van der Waals surface area contributed by atoms with E-state index in [1.807, 2.05) is 26.1 Å². The van der Waals surface area contributed by atoms with Gasteiger partial charge in [-0.3, -0.25) is 4.79 Å². The van der Waals surface area contributed by atoms with E-state index in [-0.39, 0.29) is 11.2 Å². The van der Waals surface area contributed by atoms with Gasteiger partial charge in [-0.2, -0.15) is 0 Å². The molecular formula is C21H22ClN3O2S. The number of ether oxygens (including phenoxy) is 1. The van der Waals surface area contributed by atoms with Crippen LogP contribution < -0.4 is 4.74 Å². The summed E-state index contributed by atoms with van der Waals surface area (Å²) in [5, 5.41) is 9.35. The fraction of sp³-hybridized carbons (Fsp3) is 0.286. The Hall–Kier alpha value is -2.31. The molecular weight excluding hydrogens is 394 g/mol. The van der Waals surface area contributed by atoms with Gasteiger partial charge in [-0.05, 0) is 66.6 Å². The van der Waals surface area contributed by atoms with Crippen molar-refractivity contribution in [2.45, 2.75) is 37.9 Å². The van der Waals surface area contributed by atoms with Gasteiger partial charge in [0.25, 0.3) is 0 Å². The number of hydrogen-bond donors (Lipinski definition) is 0. The minimum atomic E-state index is -0.303. The molecule has 146 valence electrons. The van der Waals surface area contributed by atoms with E-state index in [1.54, 1.807) is 28.8 Å². The van der Waals surface area contributed by atoms with E-state index in [0.29, 0.717) is 27.5 Å². The molecule has 0 aliphatic carbocycles. The number of aromatic nitrogens is 3. The van der Waals surface area contributed by atoms with Crippen LogP contribution in [0.2, 0.25) is 5.02 Å². The molecule has 0 spiro atoms. The zero-order valence-corrected chi connectivity index (χ0v) is 17.8. The maximum Gasteiger partial charge on any atom is 0.227 e. The zero-order valence-electron chi connectivity index (χ0n) is 16.2. The summed E-state index contributed by atoms with van der Waals surface area (Å²) in [5.74, 6) is 1.90. The van der Waals surface area contributed by atoms with E-state index in [4.69, 9.17) is 16.3 Å². The Balaban J connectivity index is 1.69. The van der Waals surface area contributed by atoms with Crippen LogP contribution in [0.15, 0.2) is 53.7 Å². The molecule has 0 aliphatic heterocycles. The fourth-order valence-electron chi connectivity index (χ4n) is 2.68. The molecule has 0 amide bonds. The highest BCUT2D eigenvalue weighted by atomic mass is 35.5. The first-order chi connectivity index (χ1) is 13.3. The monoisotopic (exact) mass is 415 g/mol. The van der Waals surface area contributed by atoms with Crippen LogP contribution in [0.1, 0.15) is 54.5 Å². The summed E-state index contributed by atoms with van der Waals surface area (Å²) in [7, 11) is 1.83. The van der Waals surface area contributed by atoms with Gasteiger partial charge in [-0.15, -0.1) is 10.2 Å². The number of carbonyl (C=O) groups excluding carboxylic acids is 1. The topological polar surface area (TPSA) is 57.0 Å². The molecule has 0 bridgehead atoms. The van der Waals surface area contributed by atoms with Gasteiger partial charge in [0, 0.05) is 17.6 Å². The summed E-state index contributed by atoms with van der Waals surface area (Å²) in [5.41, 5.74) is 1.83. The quantitative estimate of drug-likeness (QED) is 0.486. The Labute approximate surface area is 174 Å². The molecule has 5 nitrogen and oxygen atoms in total. The predicted molar refractivity (Wildman–Crippen MR) is 112 cm³/mol. The Bertz CT molecular complexity index is 953. The first-order valence-corrected chi connectivity index (χ1v) is 10.2. The molecule has 0 N–H and O–H groups in total. The lowest BCUT2D eigenvalue weighted by Gasteiger charge is -2.15. The van der Waals surface area contributed by atoms with Gasteiger partial charge in [0.2, 0.25) is 5.12 Å². The second kappa shape index (κ2) is 8.80. The lowest BCUT2D eigenvalue weighted by Crippen LogP contribution is -2.10. The van der Waals surface area contributed by atoms with E-state index in [9.17, 15) is 4.79 Å². The highest BCUT2D eigenvalue weighted by molar-refractivity contribution is 8.14. The molecule has 2 aromatic carbocycles. The van der Waals surface area contributed by atoms with Crippen LogP contribution in [-0.2, 0) is 7.05 Å². The molecule has 0 aliphatic rings. The van der Waals surface area contributed by atoms with Gasteiger partial charge in [-0.25, -0.2) is 0 Å². The van der Waals surface area contributed by atoms with Crippen LogP contribution in [0.4, 0.5) is 0 Å². The number of thioether (sulfide) groups is 1. The number of carbonyl (C=O) groups is 1. The number of benzene rings is 2.